The minimum absolute atomic E-state index is 0. The summed E-state index contributed by atoms with van der Waals surface area (Å²) in [6.07, 6.45) is 3.35. The van der Waals surface area contributed by atoms with E-state index >= 15 is 0 Å². The molecule has 0 heterocycles. The van der Waals surface area contributed by atoms with Gasteiger partial charge in [0.15, 0.2) is 0 Å². The first kappa shape index (κ1) is 12.2. The van der Waals surface area contributed by atoms with Gasteiger partial charge in [0, 0.05) is 6.04 Å². The molecule has 0 saturated heterocycles. The molecule has 0 amide bonds. The van der Waals surface area contributed by atoms with Gasteiger partial charge in [0.25, 0.3) is 0 Å². The Balaban J connectivity index is 0.00000121. The molecule has 1 aliphatic rings. The smallest absolute Gasteiger partial charge is 0.213 e. The Morgan fingerprint density at radius 3 is 2.00 bits per heavy atom. The molecule has 0 aromatic heterocycles. The van der Waals surface area contributed by atoms with E-state index in [0.29, 0.717) is 6.42 Å². The van der Waals surface area contributed by atoms with E-state index in [9.17, 15) is 8.42 Å². The molecule has 6 heteroatoms. The highest BCUT2D eigenvalue weighted by Crippen LogP contribution is 2.21. The first-order valence-corrected chi connectivity index (χ1v) is 5.40. The number of nitrogens with two attached hydrogens (primary N) is 2. The van der Waals surface area contributed by atoms with Crippen LogP contribution in [0.4, 0.5) is 0 Å². The second kappa shape index (κ2) is 4.41. The van der Waals surface area contributed by atoms with E-state index in [-0.39, 0.29) is 18.4 Å². The van der Waals surface area contributed by atoms with Crippen molar-refractivity contribution in [2.45, 2.75) is 37.0 Å². The third-order valence-corrected chi connectivity index (χ3v) is 3.60. The van der Waals surface area contributed by atoms with Gasteiger partial charge < -0.3 is 5.73 Å². The van der Waals surface area contributed by atoms with Crippen LogP contribution in [-0.4, -0.2) is 19.7 Å². The van der Waals surface area contributed by atoms with Gasteiger partial charge in [-0.15, -0.1) is 12.4 Å². The van der Waals surface area contributed by atoms with Gasteiger partial charge in [0.2, 0.25) is 10.0 Å². The predicted molar refractivity (Wildman–Crippen MR) is 50.6 cm³/mol. The molecular formula is C6H15ClN2O2S. The Kier molecular flexibility index (Phi) is 4.47. The first-order chi connectivity index (χ1) is 5.02. The molecule has 0 unspecified atom stereocenters. The number of primary sulfonamides is 1. The molecule has 1 aliphatic carbocycles. The highest BCUT2D eigenvalue weighted by Gasteiger charge is 2.30. The standard InChI is InChI=1S/C6H14N2O2S.ClH/c7-5-3-1-2-4-6(5)11(8,9)10;/h5-6H,1-4,7H2,(H2,8,9,10);1H/t5-,6+;/m1./s1. The highest BCUT2D eigenvalue weighted by atomic mass is 35.5. The van der Waals surface area contributed by atoms with E-state index in [1.54, 1.807) is 0 Å². The second-order valence-corrected chi connectivity index (χ2v) is 4.86. The minimum Gasteiger partial charge on any atom is -0.326 e. The molecule has 1 rings (SSSR count). The maximum atomic E-state index is 10.9. The van der Waals surface area contributed by atoms with E-state index in [0.717, 1.165) is 19.3 Å². The summed E-state index contributed by atoms with van der Waals surface area (Å²) in [4.78, 5) is 0. The lowest BCUT2D eigenvalue weighted by molar-refractivity contribution is 0.432. The lowest BCUT2D eigenvalue weighted by Gasteiger charge is -2.26. The van der Waals surface area contributed by atoms with Crippen LogP contribution in [0.1, 0.15) is 25.7 Å². The number of sulfonamides is 1. The lowest BCUT2D eigenvalue weighted by atomic mass is 9.96. The van der Waals surface area contributed by atoms with Gasteiger partial charge in [-0.25, -0.2) is 13.6 Å². The molecular weight excluding hydrogens is 200 g/mol. The Hall–Kier alpha value is 0.160. The van der Waals surface area contributed by atoms with Gasteiger partial charge in [0.1, 0.15) is 0 Å². The van der Waals surface area contributed by atoms with Crippen molar-refractivity contribution in [2.75, 3.05) is 0 Å². The molecule has 0 aromatic rings. The average molecular weight is 215 g/mol. The predicted octanol–water partition coefficient (Wildman–Crippen LogP) is -0.0334. The molecule has 0 aliphatic heterocycles. The minimum atomic E-state index is -3.40. The monoisotopic (exact) mass is 214 g/mol. The fourth-order valence-corrected chi connectivity index (χ4v) is 2.65. The molecule has 74 valence electrons. The van der Waals surface area contributed by atoms with E-state index in [4.69, 9.17) is 10.9 Å². The van der Waals surface area contributed by atoms with E-state index in [1.165, 1.54) is 0 Å². The summed E-state index contributed by atoms with van der Waals surface area (Å²) < 4.78 is 21.8. The lowest BCUT2D eigenvalue weighted by Crippen LogP contribution is -2.45. The summed E-state index contributed by atoms with van der Waals surface area (Å²) in [6, 6.07) is -0.251. The van der Waals surface area contributed by atoms with Crippen LogP contribution in [-0.2, 0) is 10.0 Å². The third kappa shape index (κ3) is 2.90. The summed E-state index contributed by atoms with van der Waals surface area (Å²) in [7, 11) is -3.40. The molecule has 0 spiro atoms. The fraction of sp³-hybridized carbons (Fsp3) is 1.00. The van der Waals surface area contributed by atoms with Gasteiger partial charge in [-0.1, -0.05) is 12.8 Å². The molecule has 2 atom stereocenters. The van der Waals surface area contributed by atoms with Gasteiger partial charge in [-0.05, 0) is 12.8 Å². The number of rotatable bonds is 1. The van der Waals surface area contributed by atoms with E-state index < -0.39 is 15.3 Å². The van der Waals surface area contributed by atoms with Gasteiger partial charge >= 0.3 is 0 Å². The second-order valence-electron chi connectivity index (χ2n) is 3.08. The zero-order valence-corrected chi connectivity index (χ0v) is 8.40. The maximum Gasteiger partial charge on any atom is 0.213 e. The van der Waals surface area contributed by atoms with Crippen molar-refractivity contribution in [1.82, 2.24) is 0 Å². The summed E-state index contributed by atoms with van der Waals surface area (Å²) >= 11 is 0. The van der Waals surface area contributed by atoms with Gasteiger partial charge in [-0.2, -0.15) is 0 Å². The van der Waals surface area contributed by atoms with Crippen LogP contribution in [0.5, 0.6) is 0 Å². The van der Waals surface area contributed by atoms with Crippen LogP contribution in [0.3, 0.4) is 0 Å². The normalized spacial score (nSPS) is 30.8. The summed E-state index contributed by atoms with van der Waals surface area (Å²) in [5.41, 5.74) is 5.61. The average Bonchev–Trinajstić information content (AvgIpc) is 1.86. The molecule has 1 fully saturated rings. The molecule has 0 aromatic carbocycles. The Labute approximate surface area is 79.2 Å². The van der Waals surface area contributed by atoms with Crippen LogP contribution in [0, 0.1) is 0 Å². The summed E-state index contributed by atoms with van der Waals surface area (Å²) in [5.74, 6) is 0. The van der Waals surface area contributed by atoms with E-state index in [1.807, 2.05) is 0 Å². The van der Waals surface area contributed by atoms with Crippen molar-refractivity contribution in [2.24, 2.45) is 10.9 Å². The highest BCUT2D eigenvalue weighted by molar-refractivity contribution is 7.89. The maximum absolute atomic E-state index is 10.9. The zero-order valence-electron chi connectivity index (χ0n) is 6.77. The van der Waals surface area contributed by atoms with Crippen LogP contribution < -0.4 is 10.9 Å². The quantitative estimate of drug-likeness (QED) is 0.643. The topological polar surface area (TPSA) is 86.2 Å². The van der Waals surface area contributed by atoms with Gasteiger partial charge in [0.05, 0.1) is 5.25 Å². The third-order valence-electron chi connectivity index (χ3n) is 2.18. The van der Waals surface area contributed by atoms with Gasteiger partial charge in [-0.3, -0.25) is 0 Å². The SMILES string of the molecule is Cl.N[C@@H]1CCCC[C@@H]1S(N)(=O)=O. The molecule has 12 heavy (non-hydrogen) atoms. The largest absolute Gasteiger partial charge is 0.326 e. The zero-order chi connectivity index (χ0) is 8.48. The van der Waals surface area contributed by atoms with Crippen molar-refractivity contribution in [1.29, 1.82) is 0 Å². The fourth-order valence-electron chi connectivity index (χ4n) is 1.53. The van der Waals surface area contributed by atoms with Crippen LogP contribution in [0.25, 0.3) is 0 Å². The number of hydrogen-bond donors (Lipinski definition) is 2. The molecule has 4 nitrogen and oxygen atoms in total. The number of halogens is 1. The summed E-state index contributed by atoms with van der Waals surface area (Å²) in [5, 5.41) is 4.49. The molecule has 1 saturated carbocycles. The molecule has 4 N–H and O–H groups in total. The number of hydrogen-bond acceptors (Lipinski definition) is 3. The van der Waals surface area contributed by atoms with E-state index in [2.05, 4.69) is 0 Å². The van der Waals surface area contributed by atoms with Crippen molar-refractivity contribution in [3.8, 4) is 0 Å². The van der Waals surface area contributed by atoms with Crippen molar-refractivity contribution < 1.29 is 8.42 Å². The summed E-state index contributed by atoms with van der Waals surface area (Å²) in [6.45, 7) is 0. The van der Waals surface area contributed by atoms with Crippen LogP contribution in [0.2, 0.25) is 0 Å². The molecule has 0 bridgehead atoms. The van der Waals surface area contributed by atoms with Crippen LogP contribution in [0.15, 0.2) is 0 Å². The van der Waals surface area contributed by atoms with Crippen molar-refractivity contribution >= 4 is 22.4 Å². The van der Waals surface area contributed by atoms with Crippen molar-refractivity contribution in [3.63, 3.8) is 0 Å². The Morgan fingerprint density at radius 2 is 1.67 bits per heavy atom. The van der Waals surface area contributed by atoms with Crippen LogP contribution >= 0.6 is 12.4 Å². The Bertz CT molecular complexity index is 230. The first-order valence-electron chi connectivity index (χ1n) is 3.79. The van der Waals surface area contributed by atoms with Crippen molar-refractivity contribution in [3.05, 3.63) is 0 Å². The Morgan fingerprint density at radius 1 is 1.17 bits per heavy atom. The molecule has 0 radical (unpaired) electrons.